The highest BCUT2D eigenvalue weighted by molar-refractivity contribution is 4.87. The van der Waals surface area contributed by atoms with E-state index in [-0.39, 0.29) is 0 Å². The zero-order chi connectivity index (χ0) is 13.2. The standard InChI is InChI=1S/C15H29N3O/c1-13(2)16-5-3-14(4-6-16)17-7-9-18(10-8-17)15-11-19-12-15/h13-15H,3-12H2,1-2H3. The Morgan fingerprint density at radius 1 is 0.789 bits per heavy atom. The molecule has 0 atom stereocenters. The molecule has 0 unspecified atom stereocenters. The van der Waals surface area contributed by atoms with Crippen molar-refractivity contribution in [1.82, 2.24) is 14.7 Å². The number of hydrogen-bond acceptors (Lipinski definition) is 4. The van der Waals surface area contributed by atoms with E-state index in [9.17, 15) is 0 Å². The van der Waals surface area contributed by atoms with E-state index in [1.807, 2.05) is 0 Å². The van der Waals surface area contributed by atoms with Crippen molar-refractivity contribution in [1.29, 1.82) is 0 Å². The summed E-state index contributed by atoms with van der Waals surface area (Å²) in [6, 6.07) is 2.29. The summed E-state index contributed by atoms with van der Waals surface area (Å²) in [5, 5.41) is 0. The van der Waals surface area contributed by atoms with Crippen LogP contribution >= 0.6 is 0 Å². The van der Waals surface area contributed by atoms with Crippen LogP contribution in [0.3, 0.4) is 0 Å². The third-order valence-corrected chi connectivity index (χ3v) is 5.23. The van der Waals surface area contributed by atoms with Crippen molar-refractivity contribution in [2.45, 2.75) is 44.8 Å². The Bertz CT molecular complexity index is 277. The summed E-state index contributed by atoms with van der Waals surface area (Å²) in [6.07, 6.45) is 2.73. The quantitative estimate of drug-likeness (QED) is 0.755. The van der Waals surface area contributed by atoms with Crippen LogP contribution in [0.25, 0.3) is 0 Å². The van der Waals surface area contributed by atoms with E-state index in [4.69, 9.17) is 4.74 Å². The minimum Gasteiger partial charge on any atom is -0.378 e. The number of likely N-dealkylation sites (tertiary alicyclic amines) is 1. The minimum absolute atomic E-state index is 0.719. The van der Waals surface area contributed by atoms with Gasteiger partial charge in [0.1, 0.15) is 0 Å². The lowest BCUT2D eigenvalue weighted by molar-refractivity contribution is -0.0815. The summed E-state index contributed by atoms with van der Waals surface area (Å²) in [7, 11) is 0. The highest BCUT2D eigenvalue weighted by atomic mass is 16.5. The van der Waals surface area contributed by atoms with Crippen LogP contribution in [0.4, 0.5) is 0 Å². The van der Waals surface area contributed by atoms with Crippen molar-refractivity contribution >= 4 is 0 Å². The van der Waals surface area contributed by atoms with Gasteiger partial charge in [-0.1, -0.05) is 0 Å². The predicted molar refractivity (Wildman–Crippen MR) is 77.5 cm³/mol. The molecule has 0 radical (unpaired) electrons. The second kappa shape index (κ2) is 6.08. The lowest BCUT2D eigenvalue weighted by atomic mass is 10.0. The van der Waals surface area contributed by atoms with Gasteiger partial charge in [0.25, 0.3) is 0 Å². The fraction of sp³-hybridized carbons (Fsp3) is 1.00. The zero-order valence-corrected chi connectivity index (χ0v) is 12.6. The van der Waals surface area contributed by atoms with Crippen LogP contribution < -0.4 is 0 Å². The molecule has 0 aromatic rings. The topological polar surface area (TPSA) is 19.0 Å². The summed E-state index contributed by atoms with van der Waals surface area (Å²) in [4.78, 5) is 8.00. The molecule has 3 saturated heterocycles. The summed E-state index contributed by atoms with van der Waals surface area (Å²) >= 11 is 0. The first-order valence-electron chi connectivity index (χ1n) is 8.04. The van der Waals surface area contributed by atoms with Crippen LogP contribution in [0, 0.1) is 0 Å². The highest BCUT2D eigenvalue weighted by Gasteiger charge is 2.32. The number of hydrogen-bond donors (Lipinski definition) is 0. The molecular weight excluding hydrogens is 238 g/mol. The first-order chi connectivity index (χ1) is 9.24. The van der Waals surface area contributed by atoms with E-state index in [0.29, 0.717) is 0 Å². The number of ether oxygens (including phenoxy) is 1. The van der Waals surface area contributed by atoms with Gasteiger partial charge in [-0.05, 0) is 39.8 Å². The third-order valence-electron chi connectivity index (χ3n) is 5.23. The molecule has 19 heavy (non-hydrogen) atoms. The van der Waals surface area contributed by atoms with Crippen LogP contribution in [0.5, 0.6) is 0 Å². The summed E-state index contributed by atoms with van der Waals surface area (Å²) in [5.41, 5.74) is 0. The van der Waals surface area contributed by atoms with E-state index < -0.39 is 0 Å². The molecule has 0 saturated carbocycles. The van der Waals surface area contributed by atoms with Gasteiger partial charge in [0.05, 0.1) is 19.3 Å². The van der Waals surface area contributed by atoms with Crippen molar-refractivity contribution in [3.05, 3.63) is 0 Å². The Morgan fingerprint density at radius 3 is 1.74 bits per heavy atom. The number of piperidine rings is 1. The maximum Gasteiger partial charge on any atom is 0.0645 e. The molecule has 3 fully saturated rings. The van der Waals surface area contributed by atoms with E-state index in [0.717, 1.165) is 31.3 Å². The predicted octanol–water partition coefficient (Wildman–Crippen LogP) is 0.876. The minimum atomic E-state index is 0.719. The van der Waals surface area contributed by atoms with Crippen LogP contribution in [-0.2, 0) is 4.74 Å². The molecule has 0 bridgehead atoms. The van der Waals surface area contributed by atoms with Gasteiger partial charge in [-0.3, -0.25) is 9.80 Å². The van der Waals surface area contributed by atoms with Crippen LogP contribution in [0.1, 0.15) is 26.7 Å². The second-order valence-corrected chi connectivity index (χ2v) is 6.62. The van der Waals surface area contributed by atoms with Gasteiger partial charge >= 0.3 is 0 Å². The van der Waals surface area contributed by atoms with E-state index >= 15 is 0 Å². The average molecular weight is 267 g/mol. The largest absolute Gasteiger partial charge is 0.378 e. The lowest BCUT2D eigenvalue weighted by Crippen LogP contribution is -2.59. The van der Waals surface area contributed by atoms with Crippen molar-refractivity contribution in [3.8, 4) is 0 Å². The normalized spacial score (nSPS) is 29.8. The Hall–Kier alpha value is -0.160. The number of rotatable bonds is 3. The fourth-order valence-corrected chi connectivity index (χ4v) is 3.67. The van der Waals surface area contributed by atoms with E-state index in [2.05, 4.69) is 28.5 Å². The molecule has 0 aromatic heterocycles. The van der Waals surface area contributed by atoms with Gasteiger partial charge < -0.3 is 9.64 Å². The SMILES string of the molecule is CC(C)N1CCC(N2CCN(C3COC3)CC2)CC1. The Labute approximate surface area is 117 Å². The summed E-state index contributed by atoms with van der Waals surface area (Å²) in [5.74, 6) is 0. The molecule has 0 N–H and O–H groups in total. The Morgan fingerprint density at radius 2 is 1.32 bits per heavy atom. The monoisotopic (exact) mass is 267 g/mol. The molecule has 0 aliphatic carbocycles. The van der Waals surface area contributed by atoms with Gasteiger partial charge in [0.15, 0.2) is 0 Å². The molecular formula is C15H29N3O. The lowest BCUT2D eigenvalue weighted by Gasteiger charge is -2.46. The third kappa shape index (κ3) is 3.13. The van der Waals surface area contributed by atoms with Gasteiger partial charge in [0.2, 0.25) is 0 Å². The van der Waals surface area contributed by atoms with Crippen LogP contribution in [-0.4, -0.2) is 85.3 Å². The molecule has 4 nitrogen and oxygen atoms in total. The number of piperazine rings is 1. The molecule has 3 aliphatic rings. The first-order valence-corrected chi connectivity index (χ1v) is 8.04. The van der Waals surface area contributed by atoms with Crippen LogP contribution in [0.15, 0.2) is 0 Å². The molecule has 4 heteroatoms. The number of nitrogens with zero attached hydrogens (tertiary/aromatic N) is 3. The smallest absolute Gasteiger partial charge is 0.0645 e. The maximum absolute atomic E-state index is 5.30. The van der Waals surface area contributed by atoms with Gasteiger partial charge in [-0.25, -0.2) is 0 Å². The highest BCUT2D eigenvalue weighted by Crippen LogP contribution is 2.21. The first kappa shape index (κ1) is 13.8. The van der Waals surface area contributed by atoms with Crippen molar-refractivity contribution < 1.29 is 4.74 Å². The summed E-state index contributed by atoms with van der Waals surface area (Å²) < 4.78 is 5.30. The summed E-state index contributed by atoms with van der Waals surface area (Å²) in [6.45, 7) is 14.2. The molecule has 0 spiro atoms. The van der Waals surface area contributed by atoms with Crippen LogP contribution in [0.2, 0.25) is 0 Å². The van der Waals surface area contributed by atoms with Crippen molar-refractivity contribution in [3.63, 3.8) is 0 Å². The zero-order valence-electron chi connectivity index (χ0n) is 12.6. The van der Waals surface area contributed by atoms with Crippen molar-refractivity contribution in [2.24, 2.45) is 0 Å². The maximum atomic E-state index is 5.30. The van der Waals surface area contributed by atoms with Gasteiger partial charge in [0, 0.05) is 38.3 Å². The molecule has 3 aliphatic heterocycles. The molecule has 110 valence electrons. The second-order valence-electron chi connectivity index (χ2n) is 6.62. The Kier molecular flexibility index (Phi) is 4.42. The fourth-order valence-electron chi connectivity index (χ4n) is 3.67. The van der Waals surface area contributed by atoms with Gasteiger partial charge in [-0.2, -0.15) is 0 Å². The molecule has 3 rings (SSSR count). The molecule has 0 amide bonds. The average Bonchev–Trinajstić information content (AvgIpc) is 2.38. The van der Waals surface area contributed by atoms with E-state index in [1.54, 1.807) is 0 Å². The van der Waals surface area contributed by atoms with Crippen molar-refractivity contribution in [2.75, 3.05) is 52.5 Å². The molecule has 0 aromatic carbocycles. The van der Waals surface area contributed by atoms with E-state index in [1.165, 1.54) is 52.1 Å². The van der Waals surface area contributed by atoms with Gasteiger partial charge in [-0.15, -0.1) is 0 Å². The molecule has 3 heterocycles. The Balaban J connectivity index is 1.42.